The number of rotatable bonds is 3. The molecule has 0 atom stereocenters. The number of ketones is 1. The molecule has 2 heteroatoms. The Morgan fingerprint density at radius 2 is 1.83 bits per heavy atom. The normalized spacial score (nSPS) is 10.8. The molecule has 0 aliphatic carbocycles. The largest absolute Gasteiger partial charge is 0.289 e. The number of halogens is 1. The van der Waals surface area contributed by atoms with Gasteiger partial charge in [-0.1, -0.05) is 57.9 Å². The molecule has 0 saturated carbocycles. The summed E-state index contributed by atoms with van der Waals surface area (Å²) in [5.41, 5.74) is 2.83. The highest BCUT2D eigenvalue weighted by Gasteiger charge is 2.00. The Morgan fingerprint density at radius 3 is 2.50 bits per heavy atom. The molecule has 0 saturated heterocycles. The minimum atomic E-state index is 0.0293. The molecule has 0 aliphatic heterocycles. The van der Waals surface area contributed by atoms with E-state index in [1.54, 1.807) is 6.08 Å². The highest BCUT2D eigenvalue weighted by molar-refractivity contribution is 9.10. The Morgan fingerprint density at radius 1 is 1.11 bits per heavy atom. The zero-order chi connectivity index (χ0) is 13.0. The van der Waals surface area contributed by atoms with Crippen molar-refractivity contribution in [2.24, 2.45) is 0 Å². The van der Waals surface area contributed by atoms with Gasteiger partial charge in [-0.15, -0.1) is 0 Å². The summed E-state index contributed by atoms with van der Waals surface area (Å²) in [6.45, 7) is 1.98. The molecule has 0 heterocycles. The van der Waals surface area contributed by atoms with Gasteiger partial charge in [0.15, 0.2) is 5.78 Å². The standard InChI is InChI=1S/C16H13BrO/c1-12-3-2-4-14(11-12)16(18)10-7-13-5-8-15(17)9-6-13/h2-11H,1H3. The van der Waals surface area contributed by atoms with Crippen LogP contribution in [0.25, 0.3) is 6.08 Å². The summed E-state index contributed by atoms with van der Waals surface area (Å²) >= 11 is 3.38. The third-order valence-electron chi connectivity index (χ3n) is 2.60. The summed E-state index contributed by atoms with van der Waals surface area (Å²) in [6, 6.07) is 15.4. The predicted molar refractivity (Wildman–Crippen MR) is 78.7 cm³/mol. The van der Waals surface area contributed by atoms with E-state index in [0.29, 0.717) is 0 Å². The van der Waals surface area contributed by atoms with Crippen LogP contribution in [0, 0.1) is 6.92 Å². The van der Waals surface area contributed by atoms with Crippen molar-refractivity contribution < 1.29 is 4.79 Å². The van der Waals surface area contributed by atoms with Gasteiger partial charge in [0.25, 0.3) is 0 Å². The van der Waals surface area contributed by atoms with Gasteiger partial charge in [0.05, 0.1) is 0 Å². The minimum Gasteiger partial charge on any atom is -0.289 e. The number of carbonyl (C=O) groups excluding carboxylic acids is 1. The van der Waals surface area contributed by atoms with Gasteiger partial charge in [0.1, 0.15) is 0 Å². The van der Waals surface area contributed by atoms with E-state index in [4.69, 9.17) is 0 Å². The lowest BCUT2D eigenvalue weighted by atomic mass is 10.1. The zero-order valence-corrected chi connectivity index (χ0v) is 11.6. The van der Waals surface area contributed by atoms with Gasteiger partial charge in [-0.05, 0) is 36.8 Å². The Labute approximate surface area is 115 Å². The molecule has 0 bridgehead atoms. The van der Waals surface area contributed by atoms with Crippen LogP contribution < -0.4 is 0 Å². The molecule has 2 aromatic rings. The van der Waals surface area contributed by atoms with Crippen molar-refractivity contribution in [2.45, 2.75) is 6.92 Å². The summed E-state index contributed by atoms with van der Waals surface area (Å²) in [6.07, 6.45) is 3.44. The van der Waals surface area contributed by atoms with Crippen LogP contribution in [0.1, 0.15) is 21.5 Å². The lowest BCUT2D eigenvalue weighted by Crippen LogP contribution is -1.94. The Bertz CT molecular complexity index is 582. The maximum Gasteiger partial charge on any atom is 0.185 e. The molecule has 0 aliphatic rings. The second-order valence-corrected chi connectivity index (χ2v) is 5.03. The Balaban J connectivity index is 2.14. The molecule has 0 fully saturated rings. The summed E-state index contributed by atoms with van der Waals surface area (Å²) < 4.78 is 1.03. The van der Waals surface area contributed by atoms with Gasteiger partial charge in [0.2, 0.25) is 0 Å². The Hall–Kier alpha value is -1.67. The summed E-state index contributed by atoms with van der Waals surface area (Å²) in [7, 11) is 0. The minimum absolute atomic E-state index is 0.0293. The fraction of sp³-hybridized carbons (Fsp3) is 0.0625. The molecular formula is C16H13BrO. The first-order valence-electron chi connectivity index (χ1n) is 5.70. The highest BCUT2D eigenvalue weighted by Crippen LogP contribution is 2.12. The molecule has 0 unspecified atom stereocenters. The van der Waals surface area contributed by atoms with Crippen molar-refractivity contribution >= 4 is 27.8 Å². The van der Waals surface area contributed by atoms with E-state index in [0.717, 1.165) is 21.2 Å². The van der Waals surface area contributed by atoms with Gasteiger partial charge in [-0.3, -0.25) is 4.79 Å². The topological polar surface area (TPSA) is 17.1 Å². The smallest absolute Gasteiger partial charge is 0.185 e. The first-order valence-corrected chi connectivity index (χ1v) is 6.49. The van der Waals surface area contributed by atoms with Crippen LogP contribution in [0.15, 0.2) is 59.1 Å². The fourth-order valence-corrected chi connectivity index (χ4v) is 1.90. The number of allylic oxidation sites excluding steroid dienone is 1. The number of aryl methyl sites for hydroxylation is 1. The maximum absolute atomic E-state index is 11.9. The summed E-state index contributed by atoms with van der Waals surface area (Å²) in [4.78, 5) is 11.9. The van der Waals surface area contributed by atoms with E-state index in [-0.39, 0.29) is 5.78 Å². The SMILES string of the molecule is Cc1cccc(C(=O)C=Cc2ccc(Br)cc2)c1. The third-order valence-corrected chi connectivity index (χ3v) is 3.13. The maximum atomic E-state index is 11.9. The average Bonchev–Trinajstić information content (AvgIpc) is 2.38. The first-order chi connectivity index (χ1) is 8.65. The van der Waals surface area contributed by atoms with Crippen molar-refractivity contribution in [1.29, 1.82) is 0 Å². The molecule has 2 aromatic carbocycles. The molecular weight excluding hydrogens is 288 g/mol. The van der Waals surface area contributed by atoms with E-state index in [9.17, 15) is 4.79 Å². The van der Waals surface area contributed by atoms with Crippen LogP contribution in [-0.2, 0) is 0 Å². The summed E-state index contributed by atoms with van der Waals surface area (Å²) in [5, 5.41) is 0. The average molecular weight is 301 g/mol. The zero-order valence-electron chi connectivity index (χ0n) is 10.1. The molecule has 0 N–H and O–H groups in total. The molecule has 0 amide bonds. The second kappa shape index (κ2) is 5.78. The highest BCUT2D eigenvalue weighted by atomic mass is 79.9. The molecule has 0 spiro atoms. The lowest BCUT2D eigenvalue weighted by molar-refractivity contribution is 0.104. The third kappa shape index (κ3) is 3.41. The van der Waals surface area contributed by atoms with E-state index in [1.165, 1.54) is 0 Å². The van der Waals surface area contributed by atoms with Gasteiger partial charge in [0, 0.05) is 10.0 Å². The lowest BCUT2D eigenvalue weighted by Gasteiger charge is -1.98. The van der Waals surface area contributed by atoms with Crippen molar-refractivity contribution in [3.63, 3.8) is 0 Å². The van der Waals surface area contributed by atoms with Crippen LogP contribution in [0.5, 0.6) is 0 Å². The molecule has 18 heavy (non-hydrogen) atoms. The number of hydrogen-bond donors (Lipinski definition) is 0. The quantitative estimate of drug-likeness (QED) is 0.595. The first kappa shape index (κ1) is 12.8. The Kier molecular flexibility index (Phi) is 4.11. The van der Waals surface area contributed by atoms with Crippen LogP contribution in [0.2, 0.25) is 0 Å². The van der Waals surface area contributed by atoms with Crippen molar-refractivity contribution in [3.8, 4) is 0 Å². The number of benzene rings is 2. The van der Waals surface area contributed by atoms with E-state index in [1.807, 2.05) is 61.5 Å². The van der Waals surface area contributed by atoms with Crippen LogP contribution in [-0.4, -0.2) is 5.78 Å². The van der Waals surface area contributed by atoms with E-state index >= 15 is 0 Å². The number of carbonyl (C=O) groups is 1. The predicted octanol–water partition coefficient (Wildman–Crippen LogP) is 4.65. The van der Waals surface area contributed by atoms with Gasteiger partial charge in [-0.2, -0.15) is 0 Å². The van der Waals surface area contributed by atoms with Crippen LogP contribution >= 0.6 is 15.9 Å². The van der Waals surface area contributed by atoms with Gasteiger partial charge < -0.3 is 0 Å². The monoisotopic (exact) mass is 300 g/mol. The molecule has 2 rings (SSSR count). The van der Waals surface area contributed by atoms with Crippen LogP contribution in [0.4, 0.5) is 0 Å². The molecule has 0 aromatic heterocycles. The second-order valence-electron chi connectivity index (χ2n) is 4.12. The van der Waals surface area contributed by atoms with Crippen molar-refractivity contribution in [3.05, 3.63) is 75.8 Å². The summed E-state index contributed by atoms with van der Waals surface area (Å²) in [5.74, 6) is 0.0293. The molecule has 90 valence electrons. The van der Waals surface area contributed by atoms with E-state index < -0.39 is 0 Å². The van der Waals surface area contributed by atoms with E-state index in [2.05, 4.69) is 15.9 Å². The molecule has 0 radical (unpaired) electrons. The van der Waals surface area contributed by atoms with Gasteiger partial charge >= 0.3 is 0 Å². The number of hydrogen-bond acceptors (Lipinski definition) is 1. The van der Waals surface area contributed by atoms with Crippen LogP contribution in [0.3, 0.4) is 0 Å². The van der Waals surface area contributed by atoms with Gasteiger partial charge in [-0.25, -0.2) is 0 Å². The van der Waals surface area contributed by atoms with Crippen molar-refractivity contribution in [1.82, 2.24) is 0 Å². The fourth-order valence-electron chi connectivity index (χ4n) is 1.64. The molecule has 1 nitrogen and oxygen atoms in total. The van der Waals surface area contributed by atoms with Crippen molar-refractivity contribution in [2.75, 3.05) is 0 Å².